The van der Waals surface area contributed by atoms with E-state index in [9.17, 15) is 26.4 Å². The van der Waals surface area contributed by atoms with Crippen molar-refractivity contribution in [1.29, 1.82) is 0 Å². The van der Waals surface area contributed by atoms with Crippen molar-refractivity contribution in [3.63, 3.8) is 0 Å². The molecule has 2 aromatic carbocycles. The fourth-order valence-electron chi connectivity index (χ4n) is 3.72. The van der Waals surface area contributed by atoms with Crippen LogP contribution in [0.1, 0.15) is 38.3 Å². The lowest BCUT2D eigenvalue weighted by atomic mass is 10.0. The van der Waals surface area contributed by atoms with Gasteiger partial charge in [-0.2, -0.15) is 13.2 Å². The number of hydrogen-bond acceptors (Lipinski definition) is 6. The molecule has 0 aliphatic carbocycles. The molecular formula is C25H28F3N5O3S. The van der Waals surface area contributed by atoms with Crippen molar-refractivity contribution in [2.45, 2.75) is 32.9 Å². The van der Waals surface area contributed by atoms with Crippen molar-refractivity contribution in [2.24, 2.45) is 0 Å². The third-order valence-electron chi connectivity index (χ3n) is 5.84. The number of aryl methyl sites for hydroxylation is 4. The standard InChI is InChI=1S/C25H28F3N5O3S/c1-15-6-7-17(22(12-15)33(4)37(5,35)36)8-11-21-19(25(26,27)28)14-30-24(32-21)31-20-10-9-18(13-16(20)2)23(34)29-3/h6-7,9-10,12-14H,8,11H2,1-5H3,(H,29,34)(H,30,31,32). The fraction of sp³-hybridized carbons (Fsp3) is 0.320. The number of amides is 1. The van der Waals surface area contributed by atoms with Gasteiger partial charge in [-0.3, -0.25) is 9.10 Å². The maximum Gasteiger partial charge on any atom is 0.419 e. The molecule has 0 radical (unpaired) electrons. The Bertz CT molecular complexity index is 1430. The Hall–Kier alpha value is -3.67. The third kappa shape index (κ3) is 6.76. The highest BCUT2D eigenvalue weighted by Gasteiger charge is 2.35. The van der Waals surface area contributed by atoms with Crippen LogP contribution >= 0.6 is 0 Å². The number of alkyl halides is 3. The number of anilines is 3. The number of halogens is 3. The highest BCUT2D eigenvalue weighted by molar-refractivity contribution is 7.92. The molecule has 3 aromatic rings. The largest absolute Gasteiger partial charge is 0.419 e. The second kappa shape index (κ2) is 10.8. The maximum atomic E-state index is 13.7. The summed E-state index contributed by atoms with van der Waals surface area (Å²) in [6, 6.07) is 10.0. The van der Waals surface area contributed by atoms with Crippen LogP contribution in [0.5, 0.6) is 0 Å². The van der Waals surface area contributed by atoms with E-state index in [0.29, 0.717) is 28.1 Å². The number of nitrogens with zero attached hydrogens (tertiary/aromatic N) is 3. The number of nitrogens with one attached hydrogen (secondary N) is 2. The number of carbonyl (C=O) groups is 1. The Labute approximate surface area is 214 Å². The molecule has 1 amide bonds. The van der Waals surface area contributed by atoms with Gasteiger partial charge in [0.1, 0.15) is 0 Å². The lowest BCUT2D eigenvalue weighted by molar-refractivity contribution is -0.138. The minimum Gasteiger partial charge on any atom is -0.355 e. The Morgan fingerprint density at radius 2 is 1.78 bits per heavy atom. The van der Waals surface area contributed by atoms with Crippen molar-refractivity contribution in [3.05, 3.63) is 76.1 Å². The summed E-state index contributed by atoms with van der Waals surface area (Å²) >= 11 is 0. The summed E-state index contributed by atoms with van der Waals surface area (Å²) in [5.74, 6) is -0.295. The number of benzene rings is 2. The van der Waals surface area contributed by atoms with E-state index >= 15 is 0 Å². The molecule has 1 heterocycles. The lowest BCUT2D eigenvalue weighted by Crippen LogP contribution is -2.26. The van der Waals surface area contributed by atoms with Crippen LogP contribution in [0, 0.1) is 13.8 Å². The molecule has 0 aliphatic heterocycles. The average Bonchev–Trinajstić information content (AvgIpc) is 2.82. The number of rotatable bonds is 8. The maximum absolute atomic E-state index is 13.7. The number of hydrogen-bond donors (Lipinski definition) is 2. The normalized spacial score (nSPS) is 11.8. The van der Waals surface area contributed by atoms with Crippen molar-refractivity contribution < 1.29 is 26.4 Å². The summed E-state index contributed by atoms with van der Waals surface area (Å²) in [6.45, 7) is 3.55. The summed E-state index contributed by atoms with van der Waals surface area (Å²) in [5.41, 5.74) is 2.25. The highest BCUT2D eigenvalue weighted by Crippen LogP contribution is 2.33. The Kier molecular flexibility index (Phi) is 8.11. The molecule has 0 bridgehead atoms. The van der Waals surface area contributed by atoms with Crippen LogP contribution in [0.15, 0.2) is 42.6 Å². The van der Waals surface area contributed by atoms with Crippen LogP contribution in [-0.2, 0) is 29.0 Å². The molecule has 0 aliphatic rings. The van der Waals surface area contributed by atoms with Crippen LogP contribution in [0.25, 0.3) is 0 Å². The second-order valence-corrected chi connectivity index (χ2v) is 10.7. The first-order valence-electron chi connectivity index (χ1n) is 11.3. The van der Waals surface area contributed by atoms with Gasteiger partial charge in [-0.25, -0.2) is 18.4 Å². The smallest absolute Gasteiger partial charge is 0.355 e. The molecule has 2 N–H and O–H groups in total. The van der Waals surface area contributed by atoms with Gasteiger partial charge in [0.05, 0.1) is 23.2 Å². The average molecular weight is 536 g/mol. The molecule has 0 saturated heterocycles. The summed E-state index contributed by atoms with van der Waals surface area (Å²) in [7, 11) is -0.656. The molecule has 3 rings (SSSR count). The van der Waals surface area contributed by atoms with Crippen LogP contribution in [0.3, 0.4) is 0 Å². The molecule has 1 aromatic heterocycles. The molecule has 8 nitrogen and oxygen atoms in total. The van der Waals surface area contributed by atoms with Gasteiger partial charge in [-0.15, -0.1) is 0 Å². The summed E-state index contributed by atoms with van der Waals surface area (Å²) in [6.07, 6.45) is -2.86. The third-order valence-corrected chi connectivity index (χ3v) is 7.04. The zero-order valence-electron chi connectivity index (χ0n) is 21.1. The van der Waals surface area contributed by atoms with Gasteiger partial charge < -0.3 is 10.6 Å². The minimum absolute atomic E-state index is 0.0313. The highest BCUT2D eigenvalue weighted by atomic mass is 32.2. The van der Waals surface area contributed by atoms with Crippen LogP contribution < -0.4 is 14.9 Å². The van der Waals surface area contributed by atoms with Crippen molar-refractivity contribution in [3.8, 4) is 0 Å². The minimum atomic E-state index is -4.67. The first-order chi connectivity index (χ1) is 17.2. The molecule has 12 heteroatoms. The molecule has 0 fully saturated rings. The van der Waals surface area contributed by atoms with Gasteiger partial charge in [-0.05, 0) is 67.6 Å². The molecule has 198 valence electrons. The van der Waals surface area contributed by atoms with E-state index in [1.54, 1.807) is 50.2 Å². The molecule has 37 heavy (non-hydrogen) atoms. The van der Waals surface area contributed by atoms with E-state index < -0.39 is 21.8 Å². The topological polar surface area (TPSA) is 104 Å². The van der Waals surface area contributed by atoms with Gasteiger partial charge >= 0.3 is 6.18 Å². The van der Waals surface area contributed by atoms with E-state index in [-0.39, 0.29) is 30.4 Å². The van der Waals surface area contributed by atoms with Gasteiger partial charge in [0.25, 0.3) is 5.91 Å². The predicted molar refractivity (Wildman–Crippen MR) is 137 cm³/mol. The number of aromatic nitrogens is 2. The van der Waals surface area contributed by atoms with Gasteiger partial charge in [-0.1, -0.05) is 12.1 Å². The SMILES string of the molecule is CNC(=O)c1ccc(Nc2ncc(C(F)(F)F)c(CCc3ccc(C)cc3N(C)S(C)(=O)=O)n2)c(C)c1. The Morgan fingerprint density at radius 1 is 1.08 bits per heavy atom. The molecule has 0 spiro atoms. The zero-order chi connectivity index (χ0) is 27.5. The van der Waals surface area contributed by atoms with Gasteiger partial charge in [0.2, 0.25) is 16.0 Å². The monoisotopic (exact) mass is 535 g/mol. The summed E-state index contributed by atoms with van der Waals surface area (Å²) in [4.78, 5) is 19.8. The van der Waals surface area contributed by atoms with Gasteiger partial charge in [0, 0.05) is 31.5 Å². The van der Waals surface area contributed by atoms with Gasteiger partial charge in [0.15, 0.2) is 0 Å². The van der Waals surface area contributed by atoms with Crippen LogP contribution in [-0.4, -0.2) is 44.6 Å². The Morgan fingerprint density at radius 3 is 2.38 bits per heavy atom. The lowest BCUT2D eigenvalue weighted by Gasteiger charge is -2.21. The number of sulfonamides is 1. The molecule has 0 saturated carbocycles. The first-order valence-corrected chi connectivity index (χ1v) is 13.1. The Balaban J connectivity index is 1.94. The van der Waals surface area contributed by atoms with Crippen LogP contribution in [0.4, 0.5) is 30.5 Å². The van der Waals surface area contributed by atoms with E-state index in [4.69, 9.17) is 0 Å². The van der Waals surface area contributed by atoms with Crippen molar-refractivity contribution in [2.75, 3.05) is 30.0 Å². The van der Waals surface area contributed by atoms with E-state index in [1.165, 1.54) is 14.1 Å². The quantitative estimate of drug-likeness (QED) is 0.443. The summed E-state index contributed by atoms with van der Waals surface area (Å²) < 4.78 is 66.5. The van der Waals surface area contributed by atoms with Crippen molar-refractivity contribution >= 4 is 33.3 Å². The van der Waals surface area contributed by atoms with E-state index in [1.807, 2.05) is 0 Å². The van der Waals surface area contributed by atoms with E-state index in [0.717, 1.165) is 22.3 Å². The fourth-order valence-corrected chi connectivity index (χ4v) is 4.25. The summed E-state index contributed by atoms with van der Waals surface area (Å²) in [5, 5.41) is 5.45. The first kappa shape index (κ1) is 27.9. The number of carbonyl (C=O) groups excluding carboxylic acids is 1. The van der Waals surface area contributed by atoms with Crippen LogP contribution in [0.2, 0.25) is 0 Å². The molecule has 0 unspecified atom stereocenters. The predicted octanol–water partition coefficient (Wildman–Crippen LogP) is 4.40. The van der Waals surface area contributed by atoms with Crippen molar-refractivity contribution in [1.82, 2.24) is 15.3 Å². The molecular weight excluding hydrogens is 507 g/mol. The second-order valence-electron chi connectivity index (χ2n) is 8.65. The van der Waals surface area contributed by atoms with E-state index in [2.05, 4.69) is 20.6 Å². The molecule has 0 atom stereocenters. The zero-order valence-corrected chi connectivity index (χ0v) is 21.9.